The molecule has 0 heterocycles. The zero-order valence-corrected chi connectivity index (χ0v) is 22.6. The van der Waals surface area contributed by atoms with Crippen LogP contribution in [0.3, 0.4) is 0 Å². The van der Waals surface area contributed by atoms with Gasteiger partial charge in [-0.05, 0) is 55.0 Å². The number of rotatable bonds is 9. The monoisotopic (exact) mass is 567 g/mol. The van der Waals surface area contributed by atoms with Gasteiger partial charge in [0.25, 0.3) is 10.0 Å². The van der Waals surface area contributed by atoms with Crippen molar-refractivity contribution in [1.82, 2.24) is 10.2 Å². The Morgan fingerprint density at radius 3 is 2.11 bits per heavy atom. The fraction of sp³-hybridized carbons (Fsp3) is 0.200. The van der Waals surface area contributed by atoms with Crippen molar-refractivity contribution in [3.63, 3.8) is 0 Å². The maximum absolute atomic E-state index is 13.7. The van der Waals surface area contributed by atoms with E-state index in [0.29, 0.717) is 15.6 Å². The lowest BCUT2D eigenvalue weighted by molar-refractivity contribution is -0.139. The SMILES string of the molecule is CNC(=O)[C@H](C)N(Cc1ccc(Cl)cc1)C(=O)CN(c1ccc(Cl)cc1Cl)S(=O)(=O)c1ccccc1. The topological polar surface area (TPSA) is 86.8 Å². The van der Waals surface area contributed by atoms with E-state index < -0.39 is 34.4 Å². The number of hydrogen-bond acceptors (Lipinski definition) is 4. The van der Waals surface area contributed by atoms with Gasteiger partial charge in [0, 0.05) is 23.6 Å². The first-order valence-corrected chi connectivity index (χ1v) is 13.4. The Hall–Kier alpha value is -2.78. The molecule has 0 saturated carbocycles. The number of hydrogen-bond donors (Lipinski definition) is 1. The number of carbonyl (C=O) groups is 2. The van der Waals surface area contributed by atoms with Crippen LogP contribution in [0.4, 0.5) is 5.69 Å². The highest BCUT2D eigenvalue weighted by Crippen LogP contribution is 2.33. The van der Waals surface area contributed by atoms with Gasteiger partial charge in [-0.1, -0.05) is 65.1 Å². The summed E-state index contributed by atoms with van der Waals surface area (Å²) in [6.45, 7) is 1.02. The number of nitrogens with one attached hydrogen (secondary N) is 1. The second kappa shape index (κ2) is 12.0. The Morgan fingerprint density at radius 1 is 0.917 bits per heavy atom. The standard InChI is InChI=1S/C25H24Cl3N3O4S/c1-17(25(33)29-2)30(15-18-8-10-19(26)11-9-18)24(32)16-31(23-13-12-20(27)14-22(23)28)36(34,35)21-6-4-3-5-7-21/h3-14,17H,15-16H2,1-2H3,(H,29,33)/t17-/m0/s1. The minimum atomic E-state index is -4.21. The lowest BCUT2D eigenvalue weighted by Gasteiger charge is -2.32. The van der Waals surface area contributed by atoms with Gasteiger partial charge >= 0.3 is 0 Å². The Balaban J connectivity index is 2.05. The van der Waals surface area contributed by atoms with E-state index in [1.54, 1.807) is 49.4 Å². The number of sulfonamides is 1. The molecular weight excluding hydrogens is 545 g/mol. The zero-order valence-electron chi connectivity index (χ0n) is 19.5. The van der Waals surface area contributed by atoms with E-state index in [-0.39, 0.29) is 22.2 Å². The summed E-state index contributed by atoms with van der Waals surface area (Å²) in [5, 5.41) is 3.42. The van der Waals surface area contributed by atoms with Crippen molar-refractivity contribution >= 4 is 62.3 Å². The number of halogens is 3. The van der Waals surface area contributed by atoms with Gasteiger partial charge in [0.2, 0.25) is 11.8 Å². The second-order valence-electron chi connectivity index (χ2n) is 7.86. The molecule has 3 aromatic rings. The van der Waals surface area contributed by atoms with Gasteiger partial charge in [0.15, 0.2) is 0 Å². The van der Waals surface area contributed by atoms with Gasteiger partial charge in [-0.15, -0.1) is 0 Å². The normalized spacial score (nSPS) is 12.0. The zero-order chi connectivity index (χ0) is 26.5. The first-order valence-electron chi connectivity index (χ1n) is 10.8. The summed E-state index contributed by atoms with van der Waals surface area (Å²) in [5.41, 5.74) is 0.794. The molecule has 1 N–H and O–H groups in total. The van der Waals surface area contributed by atoms with Crippen LogP contribution in [-0.2, 0) is 26.2 Å². The molecule has 0 spiro atoms. The van der Waals surface area contributed by atoms with Crippen molar-refractivity contribution in [2.24, 2.45) is 0 Å². The quantitative estimate of drug-likeness (QED) is 0.393. The maximum atomic E-state index is 13.7. The average Bonchev–Trinajstić information content (AvgIpc) is 2.86. The summed E-state index contributed by atoms with van der Waals surface area (Å²) < 4.78 is 28.2. The predicted octanol–water partition coefficient (Wildman–Crippen LogP) is 5.01. The van der Waals surface area contributed by atoms with Crippen LogP contribution in [-0.4, -0.2) is 44.8 Å². The molecule has 3 rings (SSSR count). The van der Waals surface area contributed by atoms with Crippen molar-refractivity contribution in [3.05, 3.63) is 93.4 Å². The van der Waals surface area contributed by atoms with Crippen molar-refractivity contribution in [1.29, 1.82) is 0 Å². The van der Waals surface area contributed by atoms with Crippen LogP contribution in [0.2, 0.25) is 15.1 Å². The first kappa shape index (κ1) is 27.8. The molecule has 1 atom stereocenters. The number of likely N-dealkylation sites (N-methyl/N-ethyl adjacent to an activating group) is 1. The fourth-order valence-electron chi connectivity index (χ4n) is 3.49. The molecule has 0 radical (unpaired) electrons. The summed E-state index contributed by atoms with van der Waals surface area (Å²) in [4.78, 5) is 27.4. The summed E-state index contributed by atoms with van der Waals surface area (Å²) in [7, 11) is -2.75. The molecule has 0 saturated heterocycles. The highest BCUT2D eigenvalue weighted by Gasteiger charge is 2.33. The number of anilines is 1. The molecule has 2 amide bonds. The van der Waals surface area contributed by atoms with Crippen LogP contribution in [0.5, 0.6) is 0 Å². The number of nitrogens with zero attached hydrogens (tertiary/aromatic N) is 2. The summed E-state index contributed by atoms with van der Waals surface area (Å²) >= 11 is 18.4. The van der Waals surface area contributed by atoms with Crippen molar-refractivity contribution in [2.45, 2.75) is 24.4 Å². The number of benzene rings is 3. The Labute approximate surface area is 225 Å². The molecular formula is C25H24Cl3N3O4S. The van der Waals surface area contributed by atoms with E-state index >= 15 is 0 Å². The first-order chi connectivity index (χ1) is 17.0. The van der Waals surface area contributed by atoms with Crippen LogP contribution in [0.15, 0.2) is 77.7 Å². The molecule has 3 aromatic carbocycles. The van der Waals surface area contributed by atoms with Gasteiger partial charge in [-0.2, -0.15) is 0 Å². The summed E-state index contributed by atoms with van der Waals surface area (Å²) in [6.07, 6.45) is 0. The molecule has 0 aliphatic carbocycles. The Bertz CT molecular complexity index is 1340. The molecule has 7 nitrogen and oxygen atoms in total. The summed E-state index contributed by atoms with van der Waals surface area (Å²) in [5.74, 6) is -1.01. The lowest BCUT2D eigenvalue weighted by Crippen LogP contribution is -2.50. The second-order valence-corrected chi connectivity index (χ2v) is 11.0. The van der Waals surface area contributed by atoms with Crippen molar-refractivity contribution in [3.8, 4) is 0 Å². The average molecular weight is 569 g/mol. The van der Waals surface area contributed by atoms with E-state index in [9.17, 15) is 18.0 Å². The fourth-order valence-corrected chi connectivity index (χ4v) is 5.64. The molecule has 0 bridgehead atoms. The Kier molecular flexibility index (Phi) is 9.24. The van der Waals surface area contributed by atoms with Crippen LogP contribution in [0, 0.1) is 0 Å². The smallest absolute Gasteiger partial charge is 0.264 e. The molecule has 0 aromatic heterocycles. The maximum Gasteiger partial charge on any atom is 0.264 e. The van der Waals surface area contributed by atoms with E-state index in [2.05, 4.69) is 5.32 Å². The molecule has 11 heteroatoms. The number of amides is 2. The third kappa shape index (κ3) is 6.50. The molecule has 190 valence electrons. The Morgan fingerprint density at radius 2 is 1.53 bits per heavy atom. The minimum Gasteiger partial charge on any atom is -0.357 e. The van der Waals surface area contributed by atoms with Gasteiger partial charge < -0.3 is 10.2 Å². The van der Waals surface area contributed by atoms with E-state index in [0.717, 1.165) is 4.31 Å². The molecule has 0 fully saturated rings. The third-order valence-electron chi connectivity index (χ3n) is 5.47. The minimum absolute atomic E-state index is 0.0209. The van der Waals surface area contributed by atoms with Gasteiger partial charge in [-0.25, -0.2) is 8.42 Å². The van der Waals surface area contributed by atoms with Crippen LogP contribution < -0.4 is 9.62 Å². The van der Waals surface area contributed by atoms with Gasteiger partial charge in [0.05, 0.1) is 15.6 Å². The van der Waals surface area contributed by atoms with E-state index in [4.69, 9.17) is 34.8 Å². The van der Waals surface area contributed by atoms with E-state index in [1.807, 2.05) is 0 Å². The number of carbonyl (C=O) groups excluding carboxylic acids is 2. The van der Waals surface area contributed by atoms with Gasteiger partial charge in [0.1, 0.15) is 12.6 Å². The summed E-state index contributed by atoms with van der Waals surface area (Å²) in [6, 6.07) is 17.9. The van der Waals surface area contributed by atoms with Crippen molar-refractivity contribution in [2.75, 3.05) is 17.9 Å². The third-order valence-corrected chi connectivity index (χ3v) is 8.03. The molecule has 0 aliphatic heterocycles. The highest BCUT2D eigenvalue weighted by atomic mass is 35.5. The predicted molar refractivity (Wildman–Crippen MR) is 143 cm³/mol. The van der Waals surface area contributed by atoms with Crippen LogP contribution in [0.1, 0.15) is 12.5 Å². The molecule has 36 heavy (non-hydrogen) atoms. The highest BCUT2D eigenvalue weighted by molar-refractivity contribution is 7.92. The lowest BCUT2D eigenvalue weighted by atomic mass is 10.1. The van der Waals surface area contributed by atoms with Crippen LogP contribution in [0.25, 0.3) is 0 Å². The van der Waals surface area contributed by atoms with E-state index in [1.165, 1.54) is 42.3 Å². The van der Waals surface area contributed by atoms with Gasteiger partial charge in [-0.3, -0.25) is 13.9 Å². The largest absolute Gasteiger partial charge is 0.357 e. The van der Waals surface area contributed by atoms with Crippen LogP contribution >= 0.6 is 34.8 Å². The molecule has 0 unspecified atom stereocenters. The molecule has 0 aliphatic rings. The van der Waals surface area contributed by atoms with Crippen molar-refractivity contribution < 1.29 is 18.0 Å².